The molecule has 0 amide bonds. The third-order valence-corrected chi connectivity index (χ3v) is 5.05. The van der Waals surface area contributed by atoms with Gasteiger partial charge in [-0.2, -0.15) is 11.3 Å². The van der Waals surface area contributed by atoms with Crippen LogP contribution in [0.3, 0.4) is 0 Å². The number of halogens is 1. The second-order valence-corrected chi connectivity index (χ2v) is 6.96. The van der Waals surface area contributed by atoms with Gasteiger partial charge in [0.2, 0.25) is 0 Å². The lowest BCUT2D eigenvalue weighted by Crippen LogP contribution is -2.39. The van der Waals surface area contributed by atoms with Crippen molar-refractivity contribution in [2.45, 2.75) is 52.1 Å². The molecule has 0 radical (unpaired) electrons. The van der Waals surface area contributed by atoms with Crippen LogP contribution in [0.2, 0.25) is 0 Å². The number of aliphatic imine (C=N–C) groups is 1. The van der Waals surface area contributed by atoms with E-state index in [0.29, 0.717) is 12.5 Å². The summed E-state index contributed by atoms with van der Waals surface area (Å²) in [6.45, 7) is 7.60. The minimum Gasteiger partial charge on any atom is -0.357 e. The van der Waals surface area contributed by atoms with Gasteiger partial charge in [-0.3, -0.25) is 0 Å². The molecule has 1 atom stereocenters. The molecule has 6 nitrogen and oxygen atoms in total. The molecule has 0 saturated heterocycles. The fourth-order valence-electron chi connectivity index (χ4n) is 2.90. The van der Waals surface area contributed by atoms with E-state index < -0.39 is 0 Å². The number of nitrogens with one attached hydrogen (secondary N) is 2. The first-order chi connectivity index (χ1) is 11.8. The highest BCUT2D eigenvalue weighted by Crippen LogP contribution is 2.17. The molecule has 1 unspecified atom stereocenters. The number of fused-ring (bicyclic) bond motifs is 1. The summed E-state index contributed by atoms with van der Waals surface area (Å²) in [6.07, 6.45) is 3.46. The molecule has 3 heterocycles. The number of thiophene rings is 1. The molecule has 25 heavy (non-hydrogen) atoms. The molecule has 0 aromatic carbocycles. The summed E-state index contributed by atoms with van der Waals surface area (Å²) in [5.41, 5.74) is 1.37. The maximum atomic E-state index is 4.69. The molecule has 0 bridgehead atoms. The third kappa shape index (κ3) is 5.40. The SMILES string of the molecule is CCNC(=NCc1nnc2n1CCCC2)NCC(C)c1ccsc1.I. The molecule has 0 spiro atoms. The Morgan fingerprint density at radius 1 is 1.36 bits per heavy atom. The molecule has 2 aromatic heterocycles. The molecular formula is C17H27IN6S. The molecule has 0 aliphatic carbocycles. The van der Waals surface area contributed by atoms with E-state index in [9.17, 15) is 0 Å². The minimum absolute atomic E-state index is 0. The fourth-order valence-corrected chi connectivity index (χ4v) is 3.68. The van der Waals surface area contributed by atoms with Gasteiger partial charge in [-0.15, -0.1) is 34.2 Å². The van der Waals surface area contributed by atoms with Crippen molar-refractivity contribution in [3.63, 3.8) is 0 Å². The summed E-state index contributed by atoms with van der Waals surface area (Å²) >= 11 is 1.74. The number of nitrogens with zero attached hydrogens (tertiary/aromatic N) is 4. The Morgan fingerprint density at radius 2 is 2.24 bits per heavy atom. The maximum absolute atomic E-state index is 4.69. The number of hydrogen-bond donors (Lipinski definition) is 2. The minimum atomic E-state index is 0. The molecule has 138 valence electrons. The second kappa shape index (κ2) is 10.1. The van der Waals surface area contributed by atoms with Gasteiger partial charge >= 0.3 is 0 Å². The van der Waals surface area contributed by atoms with E-state index in [1.807, 2.05) is 0 Å². The van der Waals surface area contributed by atoms with E-state index in [1.165, 1.54) is 18.4 Å². The molecule has 8 heteroatoms. The highest BCUT2D eigenvalue weighted by molar-refractivity contribution is 14.0. The Kier molecular flexibility index (Phi) is 8.14. The van der Waals surface area contributed by atoms with Crippen LogP contribution in [0.1, 0.15) is 49.8 Å². The second-order valence-electron chi connectivity index (χ2n) is 6.17. The van der Waals surface area contributed by atoms with E-state index in [2.05, 4.69) is 56.1 Å². The quantitative estimate of drug-likeness (QED) is 0.384. The van der Waals surface area contributed by atoms with E-state index >= 15 is 0 Å². The molecule has 2 N–H and O–H groups in total. The molecule has 1 aliphatic heterocycles. The lowest BCUT2D eigenvalue weighted by molar-refractivity contribution is 0.508. The van der Waals surface area contributed by atoms with Crippen molar-refractivity contribution >= 4 is 41.3 Å². The van der Waals surface area contributed by atoms with Crippen LogP contribution in [-0.2, 0) is 19.5 Å². The van der Waals surface area contributed by atoms with E-state index in [-0.39, 0.29) is 24.0 Å². The third-order valence-electron chi connectivity index (χ3n) is 4.35. The van der Waals surface area contributed by atoms with Crippen LogP contribution in [0.25, 0.3) is 0 Å². The van der Waals surface area contributed by atoms with Crippen molar-refractivity contribution in [1.82, 2.24) is 25.4 Å². The van der Waals surface area contributed by atoms with Crippen LogP contribution in [0, 0.1) is 0 Å². The number of aryl methyl sites for hydroxylation is 1. The van der Waals surface area contributed by atoms with Gasteiger partial charge in [0, 0.05) is 26.1 Å². The summed E-state index contributed by atoms with van der Waals surface area (Å²) in [5, 5.41) is 19.7. The average Bonchev–Trinajstić information content (AvgIpc) is 3.27. The summed E-state index contributed by atoms with van der Waals surface area (Å²) in [6, 6.07) is 2.18. The van der Waals surface area contributed by atoms with Crippen LogP contribution in [0.5, 0.6) is 0 Å². The lowest BCUT2D eigenvalue weighted by Gasteiger charge is -2.16. The molecular weight excluding hydrogens is 447 g/mol. The molecule has 3 rings (SSSR count). The first-order valence-electron chi connectivity index (χ1n) is 8.73. The standard InChI is InChI=1S/C17H26N6S.HI/c1-3-18-17(19-10-13(2)14-7-9-24-12-14)20-11-16-22-21-15-6-4-5-8-23(15)16;/h7,9,12-13H,3-6,8,10-11H2,1-2H3,(H2,18,19,20);1H. The van der Waals surface area contributed by atoms with Crippen molar-refractivity contribution in [2.24, 2.45) is 4.99 Å². The lowest BCUT2D eigenvalue weighted by atomic mass is 10.1. The maximum Gasteiger partial charge on any atom is 0.191 e. The largest absolute Gasteiger partial charge is 0.357 e. The smallest absolute Gasteiger partial charge is 0.191 e. The fraction of sp³-hybridized carbons (Fsp3) is 0.588. The van der Waals surface area contributed by atoms with Gasteiger partial charge in [-0.1, -0.05) is 6.92 Å². The first kappa shape index (κ1) is 20.2. The van der Waals surface area contributed by atoms with E-state index in [1.54, 1.807) is 11.3 Å². The summed E-state index contributed by atoms with van der Waals surface area (Å²) in [5.74, 6) is 3.37. The highest BCUT2D eigenvalue weighted by atomic mass is 127. The summed E-state index contributed by atoms with van der Waals surface area (Å²) < 4.78 is 2.23. The Bertz CT molecular complexity index is 667. The van der Waals surface area contributed by atoms with Crippen LogP contribution in [0.4, 0.5) is 0 Å². The van der Waals surface area contributed by atoms with Gasteiger partial charge in [-0.05, 0) is 48.1 Å². The monoisotopic (exact) mass is 474 g/mol. The summed E-state index contributed by atoms with van der Waals surface area (Å²) in [7, 11) is 0. The van der Waals surface area contributed by atoms with Crippen molar-refractivity contribution < 1.29 is 0 Å². The van der Waals surface area contributed by atoms with Gasteiger partial charge in [0.1, 0.15) is 12.4 Å². The Labute approximate surface area is 170 Å². The van der Waals surface area contributed by atoms with Gasteiger partial charge in [0.25, 0.3) is 0 Å². The zero-order valence-corrected chi connectivity index (χ0v) is 18.0. The topological polar surface area (TPSA) is 67.1 Å². The van der Waals surface area contributed by atoms with Crippen LogP contribution >= 0.6 is 35.3 Å². The predicted molar refractivity (Wildman–Crippen MR) is 114 cm³/mol. The number of rotatable bonds is 6. The predicted octanol–water partition coefficient (Wildman–Crippen LogP) is 3.15. The van der Waals surface area contributed by atoms with Crippen molar-refractivity contribution in [1.29, 1.82) is 0 Å². The zero-order chi connectivity index (χ0) is 16.8. The van der Waals surface area contributed by atoms with Crippen molar-refractivity contribution in [3.05, 3.63) is 34.0 Å². The van der Waals surface area contributed by atoms with Gasteiger partial charge in [-0.25, -0.2) is 4.99 Å². The van der Waals surface area contributed by atoms with Gasteiger partial charge < -0.3 is 15.2 Å². The van der Waals surface area contributed by atoms with Crippen LogP contribution in [-0.4, -0.2) is 33.8 Å². The molecule has 1 aliphatic rings. The van der Waals surface area contributed by atoms with Crippen molar-refractivity contribution in [3.8, 4) is 0 Å². The molecule has 0 saturated carbocycles. The average molecular weight is 474 g/mol. The van der Waals surface area contributed by atoms with Crippen LogP contribution < -0.4 is 10.6 Å². The Hall–Kier alpha value is -1.16. The number of hydrogen-bond acceptors (Lipinski definition) is 4. The van der Waals surface area contributed by atoms with Crippen molar-refractivity contribution in [2.75, 3.05) is 13.1 Å². The van der Waals surface area contributed by atoms with Gasteiger partial charge in [0.05, 0.1) is 0 Å². The van der Waals surface area contributed by atoms with Gasteiger partial charge in [0.15, 0.2) is 11.8 Å². The van der Waals surface area contributed by atoms with Crippen LogP contribution in [0.15, 0.2) is 21.8 Å². The van der Waals surface area contributed by atoms with E-state index in [4.69, 9.17) is 4.99 Å². The molecule has 2 aromatic rings. The number of guanidine groups is 1. The normalized spacial score (nSPS) is 15.2. The zero-order valence-electron chi connectivity index (χ0n) is 14.9. The van der Waals surface area contributed by atoms with E-state index in [0.717, 1.165) is 43.7 Å². The molecule has 0 fully saturated rings. The Balaban J connectivity index is 0.00000225. The highest BCUT2D eigenvalue weighted by Gasteiger charge is 2.15. The Morgan fingerprint density at radius 3 is 3.00 bits per heavy atom. The number of aromatic nitrogens is 3. The summed E-state index contributed by atoms with van der Waals surface area (Å²) in [4.78, 5) is 4.69. The first-order valence-corrected chi connectivity index (χ1v) is 9.67.